The van der Waals surface area contributed by atoms with E-state index in [-0.39, 0.29) is 0 Å². The molecule has 0 aromatic carbocycles. The van der Waals surface area contributed by atoms with Gasteiger partial charge in [0.05, 0.1) is 7.18 Å². The first-order valence-corrected chi connectivity index (χ1v) is 4.85. The molecule has 2 nitrogen and oxygen atoms in total. The molecular formula is C9H17F5N2. The van der Waals surface area contributed by atoms with Crippen molar-refractivity contribution in [3.63, 3.8) is 0 Å². The summed E-state index contributed by atoms with van der Waals surface area (Å²) in [5.41, 5.74) is 5.25. The summed E-state index contributed by atoms with van der Waals surface area (Å²) in [6, 6.07) is -1.43. The zero-order valence-electron chi connectivity index (χ0n) is 9.27. The van der Waals surface area contributed by atoms with Crippen molar-refractivity contribution in [3.05, 3.63) is 0 Å². The van der Waals surface area contributed by atoms with Crippen molar-refractivity contribution in [2.45, 2.75) is 24.8 Å². The van der Waals surface area contributed by atoms with E-state index < -0.39 is 24.3 Å². The van der Waals surface area contributed by atoms with Gasteiger partial charge in [-0.1, -0.05) is 0 Å². The average molecular weight is 248 g/mol. The first-order chi connectivity index (χ1) is 7.32. The first kappa shape index (κ1) is 15.6. The highest BCUT2D eigenvalue weighted by molar-refractivity contribution is 4.89. The minimum absolute atomic E-state index is 0.392. The van der Waals surface area contributed by atoms with Gasteiger partial charge in [-0.2, -0.15) is 13.2 Å². The van der Waals surface area contributed by atoms with Gasteiger partial charge in [-0.3, -0.25) is 4.39 Å². The lowest BCUT2D eigenvalue weighted by molar-refractivity contribution is -0.188. The summed E-state index contributed by atoms with van der Waals surface area (Å²) in [5, 5.41) is 0. The van der Waals surface area contributed by atoms with Crippen LogP contribution in [0.1, 0.15) is 6.42 Å². The summed E-state index contributed by atoms with van der Waals surface area (Å²) in [6.07, 6.45) is -7.20. The highest BCUT2D eigenvalue weighted by atomic mass is 19.4. The van der Waals surface area contributed by atoms with Gasteiger partial charge in [0.2, 0.25) is 6.17 Å². The fourth-order valence-electron chi connectivity index (χ4n) is 1.74. The van der Waals surface area contributed by atoms with Crippen LogP contribution < -0.4 is 5.73 Å². The van der Waals surface area contributed by atoms with Gasteiger partial charge in [-0.15, -0.1) is 0 Å². The number of hydrogen-bond donors (Lipinski definition) is 1. The van der Waals surface area contributed by atoms with E-state index in [2.05, 4.69) is 0 Å². The molecule has 0 radical (unpaired) electrons. The molecule has 0 bridgehead atoms. The van der Waals surface area contributed by atoms with Crippen LogP contribution in [-0.2, 0) is 0 Å². The van der Waals surface area contributed by atoms with Gasteiger partial charge in [0.1, 0.15) is 0 Å². The second-order valence-corrected chi connectivity index (χ2v) is 3.83. The number of nitrogens with zero attached hydrogens (tertiary/aromatic N) is 1. The van der Waals surface area contributed by atoms with Crippen LogP contribution in [0.15, 0.2) is 0 Å². The normalized spacial score (nSPS) is 25.9. The van der Waals surface area contributed by atoms with Crippen LogP contribution >= 0.6 is 0 Å². The third-order valence-corrected chi connectivity index (χ3v) is 2.62. The van der Waals surface area contributed by atoms with Crippen LogP contribution in [0.3, 0.4) is 0 Å². The van der Waals surface area contributed by atoms with Crippen molar-refractivity contribution in [1.82, 2.24) is 4.90 Å². The summed E-state index contributed by atoms with van der Waals surface area (Å²) in [7, 11) is 2.29. The van der Waals surface area contributed by atoms with Crippen molar-refractivity contribution in [2.24, 2.45) is 11.7 Å². The Bertz CT molecular complexity index is 197. The Balaban J connectivity index is 0.00000106. The molecule has 0 aromatic heterocycles. The fourth-order valence-corrected chi connectivity index (χ4v) is 1.74. The summed E-state index contributed by atoms with van der Waals surface area (Å²) in [4.78, 5) is 1.85. The second kappa shape index (κ2) is 6.34. The van der Waals surface area contributed by atoms with E-state index in [4.69, 9.17) is 5.73 Å². The Hall–Kier alpha value is -0.430. The molecule has 1 heterocycles. The predicted molar refractivity (Wildman–Crippen MR) is 51.6 cm³/mol. The molecule has 1 aliphatic heterocycles. The Kier molecular flexibility index (Phi) is 6.17. The van der Waals surface area contributed by atoms with Gasteiger partial charge >= 0.3 is 6.18 Å². The van der Waals surface area contributed by atoms with Crippen molar-refractivity contribution in [3.8, 4) is 0 Å². The Morgan fingerprint density at radius 1 is 1.31 bits per heavy atom. The monoisotopic (exact) mass is 248 g/mol. The SMILES string of the molecule is CF.CN1CCC(C(N)C(F)C(F)(F)F)C1. The number of rotatable bonds is 2. The molecule has 0 aromatic rings. The molecule has 1 aliphatic rings. The number of nitrogens with two attached hydrogens (primary N) is 1. The zero-order chi connectivity index (χ0) is 12.9. The molecule has 0 aliphatic carbocycles. The van der Waals surface area contributed by atoms with Crippen molar-refractivity contribution >= 4 is 0 Å². The topological polar surface area (TPSA) is 29.3 Å². The molecule has 98 valence electrons. The second-order valence-electron chi connectivity index (χ2n) is 3.83. The summed E-state index contributed by atoms with van der Waals surface area (Å²) in [5.74, 6) is -0.392. The quantitative estimate of drug-likeness (QED) is 0.754. The van der Waals surface area contributed by atoms with E-state index in [9.17, 15) is 22.0 Å². The van der Waals surface area contributed by atoms with E-state index in [0.717, 1.165) is 0 Å². The van der Waals surface area contributed by atoms with Crippen LogP contribution in [0.2, 0.25) is 0 Å². The van der Waals surface area contributed by atoms with Crippen molar-refractivity contribution < 1.29 is 22.0 Å². The molecule has 3 atom stereocenters. The molecule has 2 N–H and O–H groups in total. The maximum Gasteiger partial charge on any atom is 0.421 e. The lowest BCUT2D eigenvalue weighted by Gasteiger charge is -2.24. The van der Waals surface area contributed by atoms with Crippen molar-refractivity contribution in [1.29, 1.82) is 0 Å². The molecule has 1 rings (SSSR count). The summed E-state index contributed by atoms with van der Waals surface area (Å²) >= 11 is 0. The largest absolute Gasteiger partial charge is 0.421 e. The van der Waals surface area contributed by atoms with Gasteiger partial charge in [0.25, 0.3) is 0 Å². The average Bonchev–Trinajstić information content (AvgIpc) is 2.64. The molecule has 0 spiro atoms. The van der Waals surface area contributed by atoms with Crippen LogP contribution in [-0.4, -0.2) is 50.6 Å². The molecule has 1 saturated heterocycles. The highest BCUT2D eigenvalue weighted by Gasteiger charge is 2.47. The van der Waals surface area contributed by atoms with E-state index in [1.54, 1.807) is 7.05 Å². The maximum absolute atomic E-state index is 12.8. The predicted octanol–water partition coefficient (Wildman–Crippen LogP) is 1.75. The van der Waals surface area contributed by atoms with Crippen LogP contribution in [0, 0.1) is 5.92 Å². The van der Waals surface area contributed by atoms with Gasteiger partial charge in [0, 0.05) is 12.6 Å². The molecule has 16 heavy (non-hydrogen) atoms. The van der Waals surface area contributed by atoms with Crippen LogP contribution in [0.5, 0.6) is 0 Å². The number of halogens is 5. The lowest BCUT2D eigenvalue weighted by Crippen LogP contribution is -2.47. The summed E-state index contributed by atoms with van der Waals surface area (Å²) in [6.45, 7) is 1.13. The van der Waals surface area contributed by atoms with Crippen LogP contribution in [0.4, 0.5) is 22.0 Å². The fraction of sp³-hybridized carbons (Fsp3) is 1.00. The number of alkyl halides is 5. The van der Waals surface area contributed by atoms with Crippen LogP contribution in [0.25, 0.3) is 0 Å². The zero-order valence-corrected chi connectivity index (χ0v) is 9.27. The van der Waals surface area contributed by atoms with Gasteiger partial charge in [0.15, 0.2) is 0 Å². The van der Waals surface area contributed by atoms with E-state index in [0.29, 0.717) is 26.7 Å². The molecule has 0 saturated carbocycles. The number of likely N-dealkylation sites (tertiary alicyclic amines) is 1. The van der Waals surface area contributed by atoms with Crippen molar-refractivity contribution in [2.75, 3.05) is 27.3 Å². The third kappa shape index (κ3) is 4.21. The molecule has 1 fully saturated rings. The maximum atomic E-state index is 12.8. The first-order valence-electron chi connectivity index (χ1n) is 4.85. The lowest BCUT2D eigenvalue weighted by atomic mass is 9.95. The molecule has 0 amide bonds. The third-order valence-electron chi connectivity index (χ3n) is 2.62. The molecule has 7 heteroatoms. The summed E-state index contributed by atoms with van der Waals surface area (Å²) < 4.78 is 58.3. The smallest absolute Gasteiger partial charge is 0.325 e. The van der Waals surface area contributed by atoms with Gasteiger partial charge in [-0.05, 0) is 25.9 Å². The van der Waals surface area contributed by atoms with E-state index in [1.165, 1.54) is 0 Å². The Labute approximate surface area is 91.6 Å². The van der Waals surface area contributed by atoms with Gasteiger partial charge in [-0.25, -0.2) is 4.39 Å². The molecular weight excluding hydrogens is 231 g/mol. The minimum atomic E-state index is -4.83. The Morgan fingerprint density at radius 2 is 1.81 bits per heavy atom. The Morgan fingerprint density at radius 3 is 2.12 bits per heavy atom. The minimum Gasteiger partial charge on any atom is -0.325 e. The molecule has 3 unspecified atom stereocenters. The highest BCUT2D eigenvalue weighted by Crippen LogP contribution is 2.30. The number of hydrogen-bond acceptors (Lipinski definition) is 2. The standard InChI is InChI=1S/C8H14F4N2.CH3F/c1-14-3-2-5(4-14)6(13)7(9)8(10,11)12;1-2/h5-7H,2-4,13H2,1H3;1H3. The van der Waals surface area contributed by atoms with Gasteiger partial charge < -0.3 is 10.6 Å². The van der Waals surface area contributed by atoms with E-state index >= 15 is 0 Å². The van der Waals surface area contributed by atoms with E-state index in [1.807, 2.05) is 4.90 Å².